The van der Waals surface area contributed by atoms with Gasteiger partial charge in [-0.05, 0) is 18.6 Å². The molecule has 0 aliphatic carbocycles. The summed E-state index contributed by atoms with van der Waals surface area (Å²) < 4.78 is 5.04. The van der Waals surface area contributed by atoms with Crippen LogP contribution >= 0.6 is 11.6 Å². The minimum Gasteiger partial charge on any atom is -0.359 e. The van der Waals surface area contributed by atoms with Crippen LogP contribution in [-0.4, -0.2) is 5.16 Å². The van der Waals surface area contributed by atoms with Crippen LogP contribution in [0.25, 0.3) is 11.3 Å². The molecule has 0 aliphatic heterocycles. The fraction of sp³-hybridized carbons (Fsp3) is 0.182. The van der Waals surface area contributed by atoms with E-state index in [-0.39, 0.29) is 0 Å². The highest BCUT2D eigenvalue weighted by molar-refractivity contribution is 6.33. The maximum atomic E-state index is 6.10. The molecule has 2 aromatic rings. The molecule has 0 unspecified atom stereocenters. The van der Waals surface area contributed by atoms with Gasteiger partial charge < -0.3 is 10.3 Å². The van der Waals surface area contributed by atoms with Gasteiger partial charge in [0.1, 0.15) is 5.69 Å². The van der Waals surface area contributed by atoms with Crippen LogP contribution in [-0.2, 0) is 6.54 Å². The minimum absolute atomic E-state index is 0.344. The van der Waals surface area contributed by atoms with Crippen molar-refractivity contribution in [3.8, 4) is 11.3 Å². The van der Waals surface area contributed by atoms with Gasteiger partial charge in [0.05, 0.1) is 11.6 Å². The first kappa shape index (κ1) is 10.2. The molecule has 0 atom stereocenters. The first-order chi connectivity index (χ1) is 7.22. The van der Waals surface area contributed by atoms with Crippen LogP contribution in [0.4, 0.5) is 0 Å². The zero-order valence-electron chi connectivity index (χ0n) is 8.33. The van der Waals surface area contributed by atoms with Crippen molar-refractivity contribution in [3.05, 3.63) is 40.6 Å². The second kappa shape index (κ2) is 4.04. The van der Waals surface area contributed by atoms with Crippen molar-refractivity contribution in [2.24, 2.45) is 5.73 Å². The van der Waals surface area contributed by atoms with Gasteiger partial charge in [-0.25, -0.2) is 0 Å². The van der Waals surface area contributed by atoms with Gasteiger partial charge in [0.25, 0.3) is 0 Å². The second-order valence-corrected chi connectivity index (χ2v) is 3.72. The van der Waals surface area contributed by atoms with E-state index in [2.05, 4.69) is 5.16 Å². The molecule has 0 bridgehead atoms. The summed E-state index contributed by atoms with van der Waals surface area (Å²) in [4.78, 5) is 0. The standard InChI is InChI=1S/C11H11ClN2O/c1-7-3-2-4-9(12)11(7)10-5-8(6-13)15-14-10/h2-5H,6,13H2,1H3. The van der Waals surface area contributed by atoms with Gasteiger partial charge in [0.15, 0.2) is 5.76 Å². The number of hydrogen-bond acceptors (Lipinski definition) is 3. The van der Waals surface area contributed by atoms with Crippen molar-refractivity contribution in [2.75, 3.05) is 0 Å². The van der Waals surface area contributed by atoms with E-state index in [1.807, 2.05) is 31.2 Å². The molecule has 0 saturated heterocycles. The molecule has 1 aromatic carbocycles. The average Bonchev–Trinajstić information content (AvgIpc) is 2.66. The van der Waals surface area contributed by atoms with Crippen LogP contribution in [0.15, 0.2) is 28.8 Å². The monoisotopic (exact) mass is 222 g/mol. The average molecular weight is 223 g/mol. The molecule has 0 spiro atoms. The van der Waals surface area contributed by atoms with Gasteiger partial charge in [0.2, 0.25) is 0 Å². The molecule has 15 heavy (non-hydrogen) atoms. The summed E-state index contributed by atoms with van der Waals surface area (Å²) in [5.41, 5.74) is 8.16. The van der Waals surface area contributed by atoms with Crippen molar-refractivity contribution in [1.29, 1.82) is 0 Å². The molecule has 1 heterocycles. The van der Waals surface area contributed by atoms with E-state index < -0.39 is 0 Å². The Kier molecular flexibility index (Phi) is 2.75. The first-order valence-corrected chi connectivity index (χ1v) is 5.01. The predicted octanol–water partition coefficient (Wildman–Crippen LogP) is 2.76. The molecule has 78 valence electrons. The van der Waals surface area contributed by atoms with Crippen molar-refractivity contribution in [3.63, 3.8) is 0 Å². The molecule has 0 radical (unpaired) electrons. The lowest BCUT2D eigenvalue weighted by Gasteiger charge is -2.03. The fourth-order valence-corrected chi connectivity index (χ4v) is 1.80. The molecule has 0 saturated carbocycles. The van der Waals surface area contributed by atoms with E-state index in [0.717, 1.165) is 16.8 Å². The van der Waals surface area contributed by atoms with Crippen molar-refractivity contribution in [1.82, 2.24) is 5.16 Å². The van der Waals surface area contributed by atoms with Gasteiger partial charge in [-0.15, -0.1) is 0 Å². The van der Waals surface area contributed by atoms with Crippen LogP contribution in [0.2, 0.25) is 5.02 Å². The minimum atomic E-state index is 0.344. The number of nitrogens with zero attached hydrogens (tertiary/aromatic N) is 1. The van der Waals surface area contributed by atoms with Gasteiger partial charge in [-0.1, -0.05) is 28.9 Å². The summed E-state index contributed by atoms with van der Waals surface area (Å²) >= 11 is 6.10. The first-order valence-electron chi connectivity index (χ1n) is 4.63. The molecule has 0 aliphatic rings. The van der Waals surface area contributed by atoms with E-state index in [1.54, 1.807) is 0 Å². The maximum absolute atomic E-state index is 6.10. The van der Waals surface area contributed by atoms with Crippen LogP contribution in [0.1, 0.15) is 11.3 Å². The molecule has 2 N–H and O–H groups in total. The number of hydrogen-bond donors (Lipinski definition) is 1. The summed E-state index contributed by atoms with van der Waals surface area (Å²) in [7, 11) is 0. The number of aryl methyl sites for hydroxylation is 1. The Morgan fingerprint density at radius 2 is 2.27 bits per heavy atom. The third kappa shape index (κ3) is 1.89. The fourth-order valence-electron chi connectivity index (χ4n) is 1.48. The number of rotatable bonds is 2. The molecule has 0 fully saturated rings. The molecular weight excluding hydrogens is 212 g/mol. The number of nitrogens with two attached hydrogens (primary N) is 1. The van der Waals surface area contributed by atoms with Crippen molar-refractivity contribution < 1.29 is 4.52 Å². The van der Waals surface area contributed by atoms with Crippen LogP contribution in [0, 0.1) is 6.92 Å². The van der Waals surface area contributed by atoms with E-state index in [9.17, 15) is 0 Å². The third-order valence-electron chi connectivity index (χ3n) is 2.24. The Balaban J connectivity index is 2.53. The Morgan fingerprint density at radius 3 is 2.87 bits per heavy atom. The molecule has 3 nitrogen and oxygen atoms in total. The smallest absolute Gasteiger partial charge is 0.150 e. The summed E-state index contributed by atoms with van der Waals surface area (Å²) in [6.45, 7) is 2.33. The Hall–Kier alpha value is -1.32. The molecular formula is C11H11ClN2O. The highest BCUT2D eigenvalue weighted by Gasteiger charge is 2.11. The Morgan fingerprint density at radius 1 is 1.47 bits per heavy atom. The lowest BCUT2D eigenvalue weighted by atomic mass is 10.1. The normalized spacial score (nSPS) is 10.6. The Bertz CT molecular complexity index is 459. The topological polar surface area (TPSA) is 52.0 Å². The summed E-state index contributed by atoms with van der Waals surface area (Å²) in [5.74, 6) is 0.657. The predicted molar refractivity (Wildman–Crippen MR) is 59.6 cm³/mol. The summed E-state index contributed by atoms with van der Waals surface area (Å²) in [6.07, 6.45) is 0. The number of aromatic nitrogens is 1. The largest absolute Gasteiger partial charge is 0.359 e. The zero-order valence-corrected chi connectivity index (χ0v) is 9.08. The van der Waals surface area contributed by atoms with Gasteiger partial charge >= 0.3 is 0 Å². The SMILES string of the molecule is Cc1cccc(Cl)c1-c1cc(CN)on1. The molecule has 1 aromatic heterocycles. The second-order valence-electron chi connectivity index (χ2n) is 3.31. The van der Waals surface area contributed by atoms with Crippen molar-refractivity contribution >= 4 is 11.6 Å². The van der Waals surface area contributed by atoms with Crippen molar-refractivity contribution in [2.45, 2.75) is 13.5 Å². The highest BCUT2D eigenvalue weighted by atomic mass is 35.5. The van der Waals surface area contributed by atoms with E-state index in [0.29, 0.717) is 17.3 Å². The van der Waals surface area contributed by atoms with E-state index in [4.69, 9.17) is 21.9 Å². The summed E-state index contributed by atoms with van der Waals surface area (Å²) in [6, 6.07) is 7.54. The van der Waals surface area contributed by atoms with E-state index >= 15 is 0 Å². The van der Waals surface area contributed by atoms with Gasteiger partial charge in [0, 0.05) is 11.6 Å². The Labute approximate surface area is 92.8 Å². The molecule has 2 rings (SSSR count). The van der Waals surface area contributed by atoms with Crippen LogP contribution in [0.3, 0.4) is 0 Å². The molecule has 4 heteroatoms. The zero-order chi connectivity index (χ0) is 10.8. The third-order valence-corrected chi connectivity index (χ3v) is 2.55. The van der Waals surface area contributed by atoms with Crippen LogP contribution < -0.4 is 5.73 Å². The highest BCUT2D eigenvalue weighted by Crippen LogP contribution is 2.30. The number of halogens is 1. The van der Waals surface area contributed by atoms with Gasteiger partial charge in [-0.3, -0.25) is 0 Å². The lowest BCUT2D eigenvalue weighted by molar-refractivity contribution is 0.387. The molecule has 0 amide bonds. The lowest BCUT2D eigenvalue weighted by Crippen LogP contribution is -1.92. The van der Waals surface area contributed by atoms with Gasteiger partial charge in [-0.2, -0.15) is 0 Å². The summed E-state index contributed by atoms with van der Waals surface area (Å²) in [5, 5.41) is 4.61. The van der Waals surface area contributed by atoms with E-state index in [1.165, 1.54) is 0 Å². The maximum Gasteiger partial charge on any atom is 0.150 e. The number of benzene rings is 1. The quantitative estimate of drug-likeness (QED) is 0.850. The van der Waals surface area contributed by atoms with Crippen LogP contribution in [0.5, 0.6) is 0 Å².